The summed E-state index contributed by atoms with van der Waals surface area (Å²) in [6.07, 6.45) is 1.30. The normalized spacial score (nSPS) is 11.9. The fourth-order valence-corrected chi connectivity index (χ4v) is 5.39. The van der Waals surface area contributed by atoms with Crippen LogP contribution in [0.1, 0.15) is 35.3 Å². The van der Waals surface area contributed by atoms with Crippen molar-refractivity contribution in [1.82, 2.24) is 14.4 Å². The van der Waals surface area contributed by atoms with Gasteiger partial charge in [0.25, 0.3) is 5.56 Å². The van der Waals surface area contributed by atoms with Gasteiger partial charge in [-0.25, -0.2) is 14.4 Å². The minimum absolute atomic E-state index is 0.0490. The molecule has 5 rings (SSSR count). The summed E-state index contributed by atoms with van der Waals surface area (Å²) in [5.74, 6) is -0.151. The van der Waals surface area contributed by atoms with Gasteiger partial charge in [-0.3, -0.25) is 14.6 Å². The first-order chi connectivity index (χ1) is 18.3. The third kappa shape index (κ3) is 4.39. The zero-order valence-electron chi connectivity index (χ0n) is 20.9. The number of pyridine rings is 1. The van der Waals surface area contributed by atoms with Crippen LogP contribution in [0.25, 0.3) is 16.0 Å². The van der Waals surface area contributed by atoms with Crippen LogP contribution in [0.15, 0.2) is 71.1 Å². The Morgan fingerprint density at radius 3 is 2.66 bits per heavy atom. The summed E-state index contributed by atoms with van der Waals surface area (Å²) in [4.78, 5) is 22.9. The van der Waals surface area contributed by atoms with Crippen LogP contribution in [-0.2, 0) is 0 Å². The molecule has 5 aromatic rings. The number of benzene rings is 2. The maximum absolute atomic E-state index is 14.4. The van der Waals surface area contributed by atoms with E-state index in [0.717, 1.165) is 21.7 Å². The van der Waals surface area contributed by atoms with E-state index in [-0.39, 0.29) is 28.4 Å². The van der Waals surface area contributed by atoms with Crippen LogP contribution in [0.4, 0.5) is 16.0 Å². The van der Waals surface area contributed by atoms with Crippen molar-refractivity contribution >= 4 is 33.5 Å². The first-order valence-corrected chi connectivity index (χ1v) is 12.7. The van der Waals surface area contributed by atoms with Crippen molar-refractivity contribution in [1.29, 1.82) is 5.41 Å². The lowest BCUT2D eigenvalue weighted by atomic mass is 9.96. The fourth-order valence-electron chi connectivity index (χ4n) is 4.46. The first-order valence-electron chi connectivity index (χ1n) is 11.8. The monoisotopic (exact) mass is 528 g/mol. The zero-order chi connectivity index (χ0) is 27.0. The highest BCUT2D eigenvalue weighted by molar-refractivity contribution is 7.15. The van der Waals surface area contributed by atoms with Gasteiger partial charge in [0, 0.05) is 16.6 Å². The van der Waals surface area contributed by atoms with Crippen LogP contribution < -0.4 is 21.3 Å². The van der Waals surface area contributed by atoms with Crippen LogP contribution in [0.2, 0.25) is 0 Å². The van der Waals surface area contributed by atoms with Gasteiger partial charge in [0.05, 0.1) is 30.0 Å². The van der Waals surface area contributed by atoms with E-state index in [1.807, 2.05) is 55.6 Å². The van der Waals surface area contributed by atoms with Crippen LogP contribution in [0.3, 0.4) is 0 Å². The van der Waals surface area contributed by atoms with Crippen molar-refractivity contribution in [2.24, 2.45) is 0 Å². The van der Waals surface area contributed by atoms with E-state index in [9.17, 15) is 9.18 Å². The molecule has 0 spiro atoms. The molecule has 10 heteroatoms. The molecule has 0 radical (unpaired) electrons. The number of rotatable bonds is 7. The molecule has 2 aromatic carbocycles. The fraction of sp³-hybridized carbons (Fsp3) is 0.143. The van der Waals surface area contributed by atoms with Gasteiger partial charge in [0.2, 0.25) is 0 Å². The van der Waals surface area contributed by atoms with Crippen molar-refractivity contribution in [2.75, 3.05) is 18.2 Å². The van der Waals surface area contributed by atoms with Crippen molar-refractivity contribution in [3.8, 4) is 16.9 Å². The second kappa shape index (κ2) is 10.1. The number of methoxy groups -OCH3 is 1. The number of aromatic nitrogens is 3. The van der Waals surface area contributed by atoms with E-state index < -0.39 is 11.9 Å². The number of thiazole rings is 1. The number of ether oxygens (including phenoxy) is 1. The molecular formula is C28H25FN6O2S. The van der Waals surface area contributed by atoms with E-state index in [4.69, 9.17) is 15.9 Å². The van der Waals surface area contributed by atoms with Gasteiger partial charge in [-0.15, -0.1) is 11.3 Å². The van der Waals surface area contributed by atoms with E-state index in [1.165, 1.54) is 36.9 Å². The molecule has 0 aliphatic heterocycles. The predicted molar refractivity (Wildman–Crippen MR) is 149 cm³/mol. The lowest BCUT2D eigenvalue weighted by molar-refractivity contribution is 0.386. The number of nitrogens with one attached hydrogen (secondary N) is 2. The molecule has 0 aliphatic carbocycles. The van der Waals surface area contributed by atoms with Crippen LogP contribution in [0, 0.1) is 18.2 Å². The Morgan fingerprint density at radius 2 is 1.95 bits per heavy atom. The van der Waals surface area contributed by atoms with Crippen LogP contribution in [0.5, 0.6) is 5.75 Å². The third-order valence-corrected chi connectivity index (χ3v) is 7.36. The second-order valence-corrected chi connectivity index (χ2v) is 9.66. The van der Waals surface area contributed by atoms with Crippen molar-refractivity contribution in [3.05, 3.63) is 105 Å². The molecule has 0 saturated carbocycles. The van der Waals surface area contributed by atoms with E-state index >= 15 is 0 Å². The Labute approximate surface area is 222 Å². The number of fused-ring (bicyclic) bond motifs is 1. The summed E-state index contributed by atoms with van der Waals surface area (Å²) in [6, 6.07) is 15.3. The first kappa shape index (κ1) is 25.1. The number of nitrogens with zero attached hydrogens (tertiary/aromatic N) is 3. The molecule has 0 aliphatic rings. The highest BCUT2D eigenvalue weighted by Crippen LogP contribution is 2.32. The molecule has 4 N–H and O–H groups in total. The zero-order valence-corrected chi connectivity index (χ0v) is 21.8. The van der Waals surface area contributed by atoms with Gasteiger partial charge in [0.15, 0.2) is 11.6 Å². The van der Waals surface area contributed by atoms with Gasteiger partial charge < -0.3 is 15.8 Å². The minimum atomic E-state index is -0.597. The summed E-state index contributed by atoms with van der Waals surface area (Å²) in [7, 11) is 1.38. The molecule has 0 amide bonds. The summed E-state index contributed by atoms with van der Waals surface area (Å²) >= 11 is 1.49. The minimum Gasteiger partial charge on any atom is -0.494 e. The van der Waals surface area contributed by atoms with Crippen molar-refractivity contribution in [2.45, 2.75) is 19.9 Å². The SMILES string of the molecule is COc1ccc(C(=N)c2c(N)ncnc2N[C@@H](C)c2cc3scc(C)n3c(=O)c2-c2ccccc2)cc1F. The maximum atomic E-state index is 14.4. The molecule has 0 fully saturated rings. The Kier molecular flexibility index (Phi) is 6.64. The number of anilines is 2. The van der Waals surface area contributed by atoms with Gasteiger partial charge >= 0.3 is 0 Å². The molecule has 0 bridgehead atoms. The Hall–Kier alpha value is -4.57. The number of hydrogen-bond donors (Lipinski definition) is 3. The quantitative estimate of drug-likeness (QED) is 0.242. The molecular weight excluding hydrogens is 503 g/mol. The molecule has 1 atom stereocenters. The van der Waals surface area contributed by atoms with Gasteiger partial charge in [-0.2, -0.15) is 0 Å². The number of aryl methyl sites for hydroxylation is 1. The van der Waals surface area contributed by atoms with Crippen LogP contribution >= 0.6 is 11.3 Å². The number of nitrogens with two attached hydrogens (primary N) is 1. The van der Waals surface area contributed by atoms with Gasteiger partial charge in [-0.1, -0.05) is 30.3 Å². The average Bonchev–Trinajstić information content (AvgIpc) is 3.29. The molecule has 0 unspecified atom stereocenters. The van der Waals surface area contributed by atoms with E-state index in [1.54, 1.807) is 10.5 Å². The van der Waals surface area contributed by atoms with Gasteiger partial charge in [0.1, 0.15) is 22.8 Å². The third-order valence-electron chi connectivity index (χ3n) is 6.36. The summed E-state index contributed by atoms with van der Waals surface area (Å²) in [5.41, 5.74) is 9.55. The smallest absolute Gasteiger partial charge is 0.264 e. The molecule has 3 aromatic heterocycles. The number of nitrogen functional groups attached to an aromatic ring is 1. The van der Waals surface area contributed by atoms with Gasteiger partial charge in [-0.05, 0) is 49.2 Å². The summed E-state index contributed by atoms with van der Waals surface area (Å²) < 4.78 is 21.1. The number of hydrogen-bond acceptors (Lipinski definition) is 8. The highest BCUT2D eigenvalue weighted by Gasteiger charge is 2.23. The molecule has 38 heavy (non-hydrogen) atoms. The lowest BCUT2D eigenvalue weighted by Gasteiger charge is -2.21. The Morgan fingerprint density at radius 1 is 1.18 bits per heavy atom. The topological polar surface area (TPSA) is 118 Å². The van der Waals surface area contributed by atoms with Crippen molar-refractivity contribution < 1.29 is 9.13 Å². The van der Waals surface area contributed by atoms with Crippen molar-refractivity contribution in [3.63, 3.8) is 0 Å². The van der Waals surface area contributed by atoms with Crippen LogP contribution in [-0.4, -0.2) is 27.2 Å². The largest absolute Gasteiger partial charge is 0.494 e. The summed E-state index contributed by atoms with van der Waals surface area (Å²) in [5, 5.41) is 14.1. The molecule has 192 valence electrons. The molecule has 0 saturated heterocycles. The van der Waals surface area contributed by atoms with E-state index in [0.29, 0.717) is 16.9 Å². The average molecular weight is 529 g/mol. The van der Waals surface area contributed by atoms with E-state index in [2.05, 4.69) is 15.3 Å². The Bertz CT molecular complexity index is 1730. The number of halogens is 1. The lowest BCUT2D eigenvalue weighted by Crippen LogP contribution is -2.22. The maximum Gasteiger partial charge on any atom is 0.264 e. The Balaban J connectivity index is 1.60. The summed E-state index contributed by atoms with van der Waals surface area (Å²) in [6.45, 7) is 3.82. The highest BCUT2D eigenvalue weighted by atomic mass is 32.1. The molecule has 3 heterocycles. The second-order valence-electron chi connectivity index (χ2n) is 8.77. The standard InChI is InChI=1S/C28H25FN6O2S/c1-15-13-38-22-12-19(23(28(36)35(15)22)17-7-5-4-6-8-17)16(2)34-27-24(26(31)32-14-33-27)25(30)18-9-10-21(37-3)20(29)11-18/h4-14,16,30H,1-3H3,(H3,31,32,33,34)/t16-/m0/s1. The predicted octanol–water partition coefficient (Wildman–Crippen LogP) is 5.45. The molecule has 8 nitrogen and oxygen atoms in total.